The fourth-order valence-electron chi connectivity index (χ4n) is 1.64. The highest BCUT2D eigenvalue weighted by molar-refractivity contribution is 4.81. The van der Waals surface area contributed by atoms with Gasteiger partial charge in [0.1, 0.15) is 0 Å². The van der Waals surface area contributed by atoms with Gasteiger partial charge in [0.25, 0.3) is 0 Å². The molecule has 1 unspecified atom stereocenters. The van der Waals surface area contributed by atoms with Crippen molar-refractivity contribution < 1.29 is 4.74 Å². The lowest BCUT2D eigenvalue weighted by atomic mass is 9.94. The third-order valence-corrected chi connectivity index (χ3v) is 3.29. The summed E-state index contributed by atoms with van der Waals surface area (Å²) in [6, 6.07) is 0.161. The number of unbranched alkanes of at least 4 members (excludes halogenated alkanes) is 5. The van der Waals surface area contributed by atoms with Crippen LogP contribution in [0.1, 0.15) is 65.7 Å². The molecule has 0 aliphatic carbocycles. The van der Waals surface area contributed by atoms with Gasteiger partial charge in [-0.05, 0) is 20.3 Å². The first-order valence-corrected chi connectivity index (χ1v) is 6.35. The Morgan fingerprint density at radius 3 is 2.13 bits per heavy atom. The second kappa shape index (κ2) is 8.12. The van der Waals surface area contributed by atoms with Crippen molar-refractivity contribution in [1.29, 1.82) is 0 Å². The summed E-state index contributed by atoms with van der Waals surface area (Å²) in [5.74, 6) is 0. The van der Waals surface area contributed by atoms with Crippen molar-refractivity contribution >= 4 is 0 Å². The number of methoxy groups -OCH3 is 1. The molecule has 2 heteroatoms. The average Bonchev–Trinajstić information content (AvgIpc) is 2.22. The van der Waals surface area contributed by atoms with E-state index in [1.54, 1.807) is 7.11 Å². The second-order valence-electron chi connectivity index (χ2n) is 4.97. The molecule has 0 spiro atoms. The van der Waals surface area contributed by atoms with E-state index in [2.05, 4.69) is 20.8 Å². The van der Waals surface area contributed by atoms with Crippen molar-refractivity contribution in [1.82, 2.24) is 0 Å². The van der Waals surface area contributed by atoms with E-state index in [0.717, 1.165) is 6.42 Å². The van der Waals surface area contributed by atoms with Gasteiger partial charge in [-0.1, -0.05) is 45.4 Å². The molecule has 0 bridgehead atoms. The molecule has 1 atom stereocenters. The van der Waals surface area contributed by atoms with Gasteiger partial charge in [0.05, 0.1) is 5.60 Å². The third-order valence-electron chi connectivity index (χ3n) is 3.29. The lowest BCUT2D eigenvalue weighted by Gasteiger charge is -2.30. The molecule has 2 N–H and O–H groups in total. The summed E-state index contributed by atoms with van der Waals surface area (Å²) < 4.78 is 5.37. The number of ether oxygens (including phenoxy) is 1. The molecule has 0 aromatic heterocycles. The van der Waals surface area contributed by atoms with Crippen LogP contribution in [0.15, 0.2) is 0 Å². The SMILES string of the molecule is CCCCCCCCC(N)C(C)(C)OC. The molecule has 0 amide bonds. The Hall–Kier alpha value is -0.0800. The summed E-state index contributed by atoms with van der Waals surface area (Å²) in [7, 11) is 1.74. The van der Waals surface area contributed by atoms with E-state index in [9.17, 15) is 0 Å². The monoisotopic (exact) mass is 215 g/mol. The zero-order valence-electron chi connectivity index (χ0n) is 11.0. The lowest BCUT2D eigenvalue weighted by Crippen LogP contribution is -2.44. The molecule has 92 valence electrons. The minimum atomic E-state index is -0.177. The summed E-state index contributed by atoms with van der Waals surface area (Å²) >= 11 is 0. The zero-order valence-corrected chi connectivity index (χ0v) is 11.0. The van der Waals surface area contributed by atoms with Crippen molar-refractivity contribution in [3.8, 4) is 0 Å². The number of nitrogens with two attached hydrogens (primary N) is 1. The molecule has 0 saturated heterocycles. The molecule has 0 aromatic carbocycles. The zero-order chi connectivity index (χ0) is 11.7. The van der Waals surface area contributed by atoms with Crippen LogP contribution in [-0.2, 0) is 4.74 Å². The van der Waals surface area contributed by atoms with Crippen molar-refractivity contribution in [2.45, 2.75) is 77.4 Å². The van der Waals surface area contributed by atoms with E-state index in [4.69, 9.17) is 10.5 Å². The van der Waals surface area contributed by atoms with Crippen LogP contribution in [0.25, 0.3) is 0 Å². The predicted octanol–water partition coefficient (Wildman–Crippen LogP) is 3.49. The van der Waals surface area contributed by atoms with Crippen molar-refractivity contribution in [2.24, 2.45) is 5.73 Å². The van der Waals surface area contributed by atoms with Gasteiger partial charge in [-0.3, -0.25) is 0 Å². The molecule has 15 heavy (non-hydrogen) atoms. The van der Waals surface area contributed by atoms with E-state index in [-0.39, 0.29) is 11.6 Å². The summed E-state index contributed by atoms with van der Waals surface area (Å²) in [5.41, 5.74) is 5.90. The molecule has 0 aliphatic rings. The minimum Gasteiger partial charge on any atom is -0.377 e. The quantitative estimate of drug-likeness (QED) is 0.598. The number of hydrogen-bond acceptors (Lipinski definition) is 2. The molecular formula is C13H29NO. The highest BCUT2D eigenvalue weighted by Gasteiger charge is 2.24. The first-order chi connectivity index (χ1) is 7.04. The maximum atomic E-state index is 6.08. The highest BCUT2D eigenvalue weighted by atomic mass is 16.5. The minimum absolute atomic E-state index is 0.161. The lowest BCUT2D eigenvalue weighted by molar-refractivity contribution is -0.00202. The fraction of sp³-hybridized carbons (Fsp3) is 1.00. The molecule has 0 radical (unpaired) electrons. The second-order valence-corrected chi connectivity index (χ2v) is 4.97. The normalized spacial score (nSPS) is 14.2. The molecule has 0 fully saturated rings. The number of hydrogen-bond donors (Lipinski definition) is 1. The van der Waals surface area contributed by atoms with E-state index < -0.39 is 0 Å². The Kier molecular flexibility index (Phi) is 8.07. The van der Waals surface area contributed by atoms with Crippen LogP contribution in [0.2, 0.25) is 0 Å². The summed E-state index contributed by atoms with van der Waals surface area (Å²) in [5, 5.41) is 0. The Morgan fingerprint density at radius 2 is 1.60 bits per heavy atom. The average molecular weight is 215 g/mol. The molecule has 0 rings (SSSR count). The Balaban J connectivity index is 3.43. The Morgan fingerprint density at radius 1 is 1.07 bits per heavy atom. The number of rotatable bonds is 9. The standard InChI is InChI=1S/C13H29NO/c1-5-6-7-8-9-10-11-12(14)13(2,3)15-4/h12H,5-11,14H2,1-4H3. The van der Waals surface area contributed by atoms with Crippen molar-refractivity contribution in [3.05, 3.63) is 0 Å². The van der Waals surface area contributed by atoms with E-state index in [1.165, 1.54) is 38.5 Å². The summed E-state index contributed by atoms with van der Waals surface area (Å²) in [6.45, 7) is 6.38. The molecule has 0 saturated carbocycles. The van der Waals surface area contributed by atoms with Gasteiger partial charge in [0.15, 0.2) is 0 Å². The summed E-state index contributed by atoms with van der Waals surface area (Å²) in [4.78, 5) is 0. The fourth-order valence-corrected chi connectivity index (χ4v) is 1.64. The first kappa shape index (κ1) is 14.9. The van der Waals surface area contributed by atoms with Crippen LogP contribution >= 0.6 is 0 Å². The predicted molar refractivity (Wildman–Crippen MR) is 67.1 cm³/mol. The molecule has 0 aromatic rings. The van der Waals surface area contributed by atoms with E-state index in [0.29, 0.717) is 0 Å². The largest absolute Gasteiger partial charge is 0.377 e. The Bertz CT molecular complexity index is 145. The van der Waals surface area contributed by atoms with Gasteiger partial charge < -0.3 is 10.5 Å². The van der Waals surface area contributed by atoms with E-state index in [1.807, 2.05) is 0 Å². The molecule has 0 heterocycles. The maximum Gasteiger partial charge on any atom is 0.0772 e. The molecule has 0 aliphatic heterocycles. The van der Waals surface area contributed by atoms with Crippen LogP contribution in [0, 0.1) is 0 Å². The third kappa shape index (κ3) is 6.91. The summed E-state index contributed by atoms with van der Waals surface area (Å²) in [6.07, 6.45) is 9.04. The van der Waals surface area contributed by atoms with Gasteiger partial charge in [-0.15, -0.1) is 0 Å². The first-order valence-electron chi connectivity index (χ1n) is 6.35. The molecule has 2 nitrogen and oxygen atoms in total. The van der Waals surface area contributed by atoms with Crippen molar-refractivity contribution in [3.63, 3.8) is 0 Å². The van der Waals surface area contributed by atoms with Crippen LogP contribution < -0.4 is 5.73 Å². The van der Waals surface area contributed by atoms with Crippen LogP contribution in [0.3, 0.4) is 0 Å². The molecular weight excluding hydrogens is 186 g/mol. The van der Waals surface area contributed by atoms with Gasteiger partial charge >= 0.3 is 0 Å². The van der Waals surface area contributed by atoms with Gasteiger partial charge in [-0.25, -0.2) is 0 Å². The van der Waals surface area contributed by atoms with Crippen LogP contribution in [-0.4, -0.2) is 18.8 Å². The van der Waals surface area contributed by atoms with Gasteiger partial charge in [-0.2, -0.15) is 0 Å². The van der Waals surface area contributed by atoms with Gasteiger partial charge in [0.2, 0.25) is 0 Å². The Labute approximate surface area is 95.6 Å². The van der Waals surface area contributed by atoms with E-state index >= 15 is 0 Å². The topological polar surface area (TPSA) is 35.2 Å². The van der Waals surface area contributed by atoms with Crippen LogP contribution in [0.4, 0.5) is 0 Å². The van der Waals surface area contributed by atoms with Crippen molar-refractivity contribution in [2.75, 3.05) is 7.11 Å². The highest BCUT2D eigenvalue weighted by Crippen LogP contribution is 2.17. The smallest absolute Gasteiger partial charge is 0.0772 e. The van der Waals surface area contributed by atoms with Gasteiger partial charge in [0, 0.05) is 13.2 Å². The maximum absolute atomic E-state index is 6.08. The van der Waals surface area contributed by atoms with Crippen LogP contribution in [0.5, 0.6) is 0 Å².